The molecular formula is C11H15N3O. The predicted octanol–water partition coefficient (Wildman–Crippen LogP) is 1.29. The van der Waals surface area contributed by atoms with Crippen molar-refractivity contribution in [2.75, 3.05) is 7.11 Å². The predicted molar refractivity (Wildman–Crippen MR) is 58.2 cm³/mol. The Bertz CT molecular complexity index is 368. The average Bonchev–Trinajstić information content (AvgIpc) is 2.29. The van der Waals surface area contributed by atoms with Gasteiger partial charge in [0, 0.05) is 18.5 Å². The number of ether oxygens (including phenoxy) is 1. The molecule has 0 bridgehead atoms. The largest absolute Gasteiger partial charge is 0.481 e. The van der Waals surface area contributed by atoms with Crippen LogP contribution in [-0.4, -0.2) is 17.1 Å². The molecule has 1 aromatic heterocycles. The molecule has 0 aliphatic rings. The Hall–Kier alpha value is -1.60. The van der Waals surface area contributed by atoms with E-state index in [9.17, 15) is 0 Å². The second-order valence-electron chi connectivity index (χ2n) is 3.06. The molecule has 2 N–H and O–H groups in total. The van der Waals surface area contributed by atoms with Crippen LogP contribution in [0.5, 0.6) is 5.88 Å². The van der Waals surface area contributed by atoms with Gasteiger partial charge in [-0.25, -0.2) is 9.97 Å². The molecule has 0 aliphatic carbocycles. The fraction of sp³-hybridized carbons (Fsp3) is 0.455. The van der Waals surface area contributed by atoms with Crippen LogP contribution in [0.15, 0.2) is 12.4 Å². The minimum atomic E-state index is -0.109. The van der Waals surface area contributed by atoms with Crippen LogP contribution in [0.1, 0.15) is 31.5 Å². The molecule has 80 valence electrons. The first-order chi connectivity index (χ1) is 7.27. The van der Waals surface area contributed by atoms with E-state index in [-0.39, 0.29) is 6.04 Å². The average molecular weight is 205 g/mol. The van der Waals surface area contributed by atoms with Gasteiger partial charge in [0.2, 0.25) is 5.88 Å². The smallest absolute Gasteiger partial charge is 0.216 e. The minimum Gasteiger partial charge on any atom is -0.481 e. The Labute approximate surface area is 89.9 Å². The van der Waals surface area contributed by atoms with Gasteiger partial charge in [0.05, 0.1) is 12.8 Å². The first kappa shape index (κ1) is 11.5. The first-order valence-corrected chi connectivity index (χ1v) is 4.79. The summed E-state index contributed by atoms with van der Waals surface area (Å²) >= 11 is 0. The van der Waals surface area contributed by atoms with Crippen molar-refractivity contribution in [3.8, 4) is 17.7 Å². The summed E-state index contributed by atoms with van der Waals surface area (Å²) in [7, 11) is 1.57. The van der Waals surface area contributed by atoms with Gasteiger partial charge in [0.25, 0.3) is 0 Å². The molecule has 0 amide bonds. The highest BCUT2D eigenvalue weighted by molar-refractivity contribution is 5.16. The third kappa shape index (κ3) is 3.56. The van der Waals surface area contributed by atoms with E-state index in [1.54, 1.807) is 13.2 Å². The molecule has 1 rings (SSSR count). The molecule has 4 heteroatoms. The minimum absolute atomic E-state index is 0.109. The fourth-order valence-electron chi connectivity index (χ4n) is 1.17. The number of nitrogens with zero attached hydrogens (tertiary/aromatic N) is 2. The van der Waals surface area contributed by atoms with Crippen LogP contribution in [0, 0.1) is 11.8 Å². The lowest BCUT2D eigenvalue weighted by atomic mass is 10.1. The second-order valence-corrected chi connectivity index (χ2v) is 3.06. The highest BCUT2D eigenvalue weighted by Gasteiger charge is 2.07. The summed E-state index contributed by atoms with van der Waals surface area (Å²) < 4.78 is 5.00. The maximum absolute atomic E-state index is 5.95. The fourth-order valence-corrected chi connectivity index (χ4v) is 1.17. The van der Waals surface area contributed by atoms with Gasteiger partial charge in [0.15, 0.2) is 0 Å². The van der Waals surface area contributed by atoms with Crippen molar-refractivity contribution < 1.29 is 4.74 Å². The van der Waals surface area contributed by atoms with Crippen LogP contribution < -0.4 is 10.5 Å². The Morgan fingerprint density at radius 2 is 2.33 bits per heavy atom. The number of nitrogens with two attached hydrogens (primary N) is 1. The summed E-state index contributed by atoms with van der Waals surface area (Å²) in [6.45, 7) is 1.82. The van der Waals surface area contributed by atoms with Crippen molar-refractivity contribution in [3.63, 3.8) is 0 Å². The first-order valence-electron chi connectivity index (χ1n) is 4.79. The quantitative estimate of drug-likeness (QED) is 0.752. The maximum atomic E-state index is 5.95. The van der Waals surface area contributed by atoms with Gasteiger partial charge in [-0.15, -0.1) is 11.8 Å². The standard InChI is InChI=1S/C11H15N3O/c1-3-4-5-6-9(12)10-7-11(15-2)14-8-13-10/h7-9H,5-6,12H2,1-2H3. The zero-order valence-electron chi connectivity index (χ0n) is 9.03. The van der Waals surface area contributed by atoms with Crippen LogP contribution in [0.25, 0.3) is 0 Å². The molecule has 0 aliphatic heterocycles. The summed E-state index contributed by atoms with van der Waals surface area (Å²) in [4.78, 5) is 8.02. The highest BCUT2D eigenvalue weighted by atomic mass is 16.5. The summed E-state index contributed by atoms with van der Waals surface area (Å²) in [5, 5.41) is 0. The molecule has 1 unspecified atom stereocenters. The molecule has 0 aromatic carbocycles. The van der Waals surface area contributed by atoms with Crippen LogP contribution >= 0.6 is 0 Å². The molecule has 1 aromatic rings. The number of aromatic nitrogens is 2. The monoisotopic (exact) mass is 205 g/mol. The van der Waals surface area contributed by atoms with Crippen molar-refractivity contribution in [1.82, 2.24) is 9.97 Å². The van der Waals surface area contributed by atoms with Crippen molar-refractivity contribution >= 4 is 0 Å². The zero-order valence-corrected chi connectivity index (χ0v) is 9.03. The van der Waals surface area contributed by atoms with Gasteiger partial charge in [-0.1, -0.05) is 0 Å². The molecule has 1 atom stereocenters. The topological polar surface area (TPSA) is 61.0 Å². The Kier molecular flexibility index (Phi) is 4.58. The summed E-state index contributed by atoms with van der Waals surface area (Å²) in [6.07, 6.45) is 3.03. The Balaban J connectivity index is 2.62. The van der Waals surface area contributed by atoms with E-state index in [1.165, 1.54) is 6.33 Å². The molecular weight excluding hydrogens is 190 g/mol. The van der Waals surface area contributed by atoms with Crippen LogP contribution in [0.2, 0.25) is 0 Å². The summed E-state index contributed by atoms with van der Waals surface area (Å²) in [5.74, 6) is 6.35. The van der Waals surface area contributed by atoms with E-state index in [0.29, 0.717) is 5.88 Å². The van der Waals surface area contributed by atoms with Gasteiger partial charge < -0.3 is 10.5 Å². The third-order valence-electron chi connectivity index (χ3n) is 2.01. The van der Waals surface area contributed by atoms with E-state index >= 15 is 0 Å². The zero-order chi connectivity index (χ0) is 11.1. The van der Waals surface area contributed by atoms with Crippen molar-refractivity contribution in [2.45, 2.75) is 25.8 Å². The number of hydrogen-bond acceptors (Lipinski definition) is 4. The van der Waals surface area contributed by atoms with E-state index < -0.39 is 0 Å². The van der Waals surface area contributed by atoms with Crippen LogP contribution in [0.3, 0.4) is 0 Å². The van der Waals surface area contributed by atoms with E-state index in [2.05, 4.69) is 21.8 Å². The number of rotatable bonds is 4. The summed E-state index contributed by atoms with van der Waals surface area (Å²) in [6, 6.07) is 1.65. The highest BCUT2D eigenvalue weighted by Crippen LogP contribution is 2.15. The molecule has 15 heavy (non-hydrogen) atoms. The Morgan fingerprint density at radius 1 is 1.53 bits per heavy atom. The van der Waals surface area contributed by atoms with E-state index in [1.807, 2.05) is 6.92 Å². The molecule has 1 heterocycles. The van der Waals surface area contributed by atoms with Crippen molar-refractivity contribution in [2.24, 2.45) is 5.73 Å². The van der Waals surface area contributed by atoms with E-state index in [4.69, 9.17) is 10.5 Å². The van der Waals surface area contributed by atoms with Gasteiger partial charge in [-0.2, -0.15) is 0 Å². The second kappa shape index (κ2) is 5.99. The SMILES string of the molecule is CC#CCCC(N)c1cc(OC)ncn1. The molecule has 0 spiro atoms. The van der Waals surface area contributed by atoms with Crippen molar-refractivity contribution in [1.29, 1.82) is 0 Å². The molecule has 0 saturated carbocycles. The molecule has 0 fully saturated rings. The molecule has 0 saturated heterocycles. The number of hydrogen-bond donors (Lipinski definition) is 1. The van der Waals surface area contributed by atoms with Crippen LogP contribution in [0.4, 0.5) is 0 Å². The van der Waals surface area contributed by atoms with Gasteiger partial charge in [-0.3, -0.25) is 0 Å². The number of methoxy groups -OCH3 is 1. The molecule has 4 nitrogen and oxygen atoms in total. The van der Waals surface area contributed by atoms with Gasteiger partial charge in [0.1, 0.15) is 6.33 Å². The maximum Gasteiger partial charge on any atom is 0.216 e. The lowest BCUT2D eigenvalue weighted by molar-refractivity contribution is 0.395. The van der Waals surface area contributed by atoms with Gasteiger partial charge >= 0.3 is 0 Å². The lowest BCUT2D eigenvalue weighted by Gasteiger charge is -2.09. The van der Waals surface area contributed by atoms with Crippen LogP contribution in [-0.2, 0) is 0 Å². The third-order valence-corrected chi connectivity index (χ3v) is 2.01. The molecule has 0 radical (unpaired) electrons. The lowest BCUT2D eigenvalue weighted by Crippen LogP contribution is -2.12. The van der Waals surface area contributed by atoms with E-state index in [0.717, 1.165) is 18.5 Å². The van der Waals surface area contributed by atoms with Gasteiger partial charge in [-0.05, 0) is 13.3 Å². The summed E-state index contributed by atoms with van der Waals surface area (Å²) in [5.41, 5.74) is 6.74. The normalized spacial score (nSPS) is 11.4. The van der Waals surface area contributed by atoms with Crippen molar-refractivity contribution in [3.05, 3.63) is 18.1 Å². The Morgan fingerprint density at radius 3 is 3.00 bits per heavy atom.